The maximum Gasteiger partial charge on any atom is 0.268 e. The first kappa shape index (κ1) is 20.0. The van der Waals surface area contributed by atoms with Crippen molar-refractivity contribution in [1.82, 2.24) is 0 Å². The first-order valence-electron chi connectivity index (χ1n) is 9.69. The van der Waals surface area contributed by atoms with E-state index >= 15 is 0 Å². The van der Waals surface area contributed by atoms with Gasteiger partial charge in [-0.25, -0.2) is 0 Å². The molecule has 0 radical (unpaired) electrons. The maximum atomic E-state index is 12.9. The summed E-state index contributed by atoms with van der Waals surface area (Å²) < 4.78 is 10.8. The molecule has 0 bridgehead atoms. The van der Waals surface area contributed by atoms with Crippen LogP contribution in [0.4, 0.5) is 11.4 Å². The first-order chi connectivity index (χ1) is 14.7. The Hall–Kier alpha value is -3.32. The number of nitrogens with one attached hydrogen (secondary N) is 1. The highest BCUT2D eigenvalue weighted by atomic mass is 32.1. The number of hydrogen-bond donors (Lipinski definition) is 1. The third-order valence-electron chi connectivity index (χ3n) is 4.89. The molecule has 6 nitrogen and oxygen atoms in total. The molecule has 2 aromatic carbocycles. The van der Waals surface area contributed by atoms with E-state index in [4.69, 9.17) is 9.47 Å². The lowest BCUT2D eigenvalue weighted by Gasteiger charge is -2.29. The van der Waals surface area contributed by atoms with E-state index in [0.29, 0.717) is 28.6 Å². The van der Waals surface area contributed by atoms with Crippen LogP contribution in [0.25, 0.3) is 0 Å². The molecule has 2 heterocycles. The van der Waals surface area contributed by atoms with Gasteiger partial charge in [0, 0.05) is 17.9 Å². The lowest BCUT2D eigenvalue weighted by molar-refractivity contribution is -0.118. The highest BCUT2D eigenvalue weighted by Crippen LogP contribution is 2.32. The van der Waals surface area contributed by atoms with Crippen molar-refractivity contribution in [2.75, 3.05) is 30.5 Å². The van der Waals surface area contributed by atoms with Crippen LogP contribution in [0.1, 0.15) is 21.7 Å². The van der Waals surface area contributed by atoms with Crippen LogP contribution >= 0.6 is 11.3 Å². The van der Waals surface area contributed by atoms with Gasteiger partial charge in [-0.15, -0.1) is 11.3 Å². The smallest absolute Gasteiger partial charge is 0.268 e. The number of para-hydroxylation sites is 2. The number of amides is 2. The lowest BCUT2D eigenvalue weighted by Crippen LogP contribution is -2.35. The largest absolute Gasteiger partial charge is 0.493 e. The van der Waals surface area contributed by atoms with Crippen molar-refractivity contribution in [1.29, 1.82) is 0 Å². The summed E-state index contributed by atoms with van der Waals surface area (Å²) in [7, 11) is 1.55. The molecule has 1 aromatic heterocycles. The Balaban J connectivity index is 1.46. The number of anilines is 2. The van der Waals surface area contributed by atoms with Crippen LogP contribution < -0.4 is 19.7 Å². The van der Waals surface area contributed by atoms with Crippen molar-refractivity contribution in [2.45, 2.75) is 12.8 Å². The van der Waals surface area contributed by atoms with E-state index < -0.39 is 0 Å². The Bertz CT molecular complexity index is 1050. The van der Waals surface area contributed by atoms with Gasteiger partial charge < -0.3 is 19.7 Å². The molecule has 3 aromatic rings. The Morgan fingerprint density at radius 1 is 1.10 bits per heavy atom. The van der Waals surface area contributed by atoms with Crippen molar-refractivity contribution in [3.05, 3.63) is 70.4 Å². The van der Waals surface area contributed by atoms with Gasteiger partial charge in [0.25, 0.3) is 11.8 Å². The number of aryl methyl sites for hydroxylation is 1. The summed E-state index contributed by atoms with van der Waals surface area (Å²) >= 11 is 1.43. The number of ether oxygens (including phenoxy) is 2. The summed E-state index contributed by atoms with van der Waals surface area (Å²) in [6, 6.07) is 16.6. The second kappa shape index (κ2) is 9.00. The van der Waals surface area contributed by atoms with Crippen LogP contribution in [0.5, 0.6) is 11.5 Å². The molecule has 0 saturated heterocycles. The van der Waals surface area contributed by atoms with Crippen LogP contribution in [0.3, 0.4) is 0 Å². The summed E-state index contributed by atoms with van der Waals surface area (Å²) in [4.78, 5) is 27.8. The number of thiophene rings is 1. The van der Waals surface area contributed by atoms with E-state index in [0.717, 1.165) is 24.1 Å². The van der Waals surface area contributed by atoms with Crippen molar-refractivity contribution in [3.63, 3.8) is 0 Å². The van der Waals surface area contributed by atoms with Gasteiger partial charge in [0.15, 0.2) is 18.1 Å². The van der Waals surface area contributed by atoms with Crippen molar-refractivity contribution in [2.24, 2.45) is 0 Å². The van der Waals surface area contributed by atoms with Gasteiger partial charge in [-0.1, -0.05) is 24.3 Å². The number of fused-ring (bicyclic) bond motifs is 1. The minimum absolute atomic E-state index is 0.00562. The molecule has 30 heavy (non-hydrogen) atoms. The Morgan fingerprint density at radius 2 is 1.93 bits per heavy atom. The summed E-state index contributed by atoms with van der Waals surface area (Å²) in [6.45, 7) is 0.521. The average Bonchev–Trinajstić information content (AvgIpc) is 3.32. The lowest BCUT2D eigenvalue weighted by atomic mass is 10.0. The third-order valence-corrected chi connectivity index (χ3v) is 5.75. The number of carbonyl (C=O) groups is 2. The Kier molecular flexibility index (Phi) is 5.99. The number of methoxy groups -OCH3 is 1. The fraction of sp³-hybridized carbons (Fsp3) is 0.217. The van der Waals surface area contributed by atoms with E-state index in [-0.39, 0.29) is 18.4 Å². The van der Waals surface area contributed by atoms with E-state index in [9.17, 15) is 9.59 Å². The maximum absolute atomic E-state index is 12.9. The summed E-state index contributed by atoms with van der Waals surface area (Å²) in [5, 5.41) is 4.75. The zero-order valence-electron chi connectivity index (χ0n) is 16.6. The summed E-state index contributed by atoms with van der Waals surface area (Å²) in [6.07, 6.45) is 1.83. The predicted octanol–water partition coefficient (Wildman–Crippen LogP) is 4.37. The van der Waals surface area contributed by atoms with E-state index in [1.54, 1.807) is 24.1 Å². The fourth-order valence-electron chi connectivity index (χ4n) is 3.47. The monoisotopic (exact) mass is 422 g/mol. The second-order valence-corrected chi connectivity index (χ2v) is 7.82. The predicted molar refractivity (Wildman–Crippen MR) is 118 cm³/mol. The number of rotatable bonds is 6. The molecule has 0 fully saturated rings. The third kappa shape index (κ3) is 4.31. The van der Waals surface area contributed by atoms with Gasteiger partial charge in [0.2, 0.25) is 0 Å². The van der Waals surface area contributed by atoms with E-state index in [2.05, 4.69) is 5.32 Å². The molecule has 4 rings (SSSR count). The quantitative estimate of drug-likeness (QED) is 0.641. The SMILES string of the molecule is COc1ccccc1OCC(=O)Nc1ccc2c(c1)N(C(=O)c1cccs1)CCC2. The highest BCUT2D eigenvalue weighted by Gasteiger charge is 2.24. The highest BCUT2D eigenvalue weighted by molar-refractivity contribution is 7.12. The zero-order valence-corrected chi connectivity index (χ0v) is 17.4. The van der Waals surface area contributed by atoms with E-state index in [1.165, 1.54) is 11.3 Å². The number of carbonyl (C=O) groups excluding carboxylic acids is 2. The van der Waals surface area contributed by atoms with Crippen molar-refractivity contribution < 1.29 is 19.1 Å². The van der Waals surface area contributed by atoms with Crippen LogP contribution in [0.2, 0.25) is 0 Å². The second-order valence-electron chi connectivity index (χ2n) is 6.87. The minimum atomic E-state index is -0.284. The molecule has 0 saturated carbocycles. The van der Waals surface area contributed by atoms with Crippen LogP contribution in [0.15, 0.2) is 60.0 Å². The van der Waals surface area contributed by atoms with Gasteiger partial charge in [-0.2, -0.15) is 0 Å². The summed E-state index contributed by atoms with van der Waals surface area (Å²) in [5.74, 6) is 0.789. The topological polar surface area (TPSA) is 67.9 Å². The molecule has 7 heteroatoms. The van der Waals surface area contributed by atoms with E-state index in [1.807, 2.05) is 47.8 Å². The van der Waals surface area contributed by atoms with Gasteiger partial charge in [-0.05, 0) is 54.1 Å². The fourth-order valence-corrected chi connectivity index (χ4v) is 4.15. The Labute approximate surface area is 179 Å². The normalized spacial score (nSPS) is 12.8. The molecule has 1 aliphatic rings. The molecule has 154 valence electrons. The average molecular weight is 423 g/mol. The standard InChI is InChI=1S/C23H22N2O4S/c1-28-19-7-2-3-8-20(19)29-15-22(26)24-17-11-10-16-6-4-12-25(18(16)14-17)23(27)21-9-5-13-30-21/h2-3,5,7-11,13-14H,4,6,12,15H2,1H3,(H,24,26). The van der Waals surface area contributed by atoms with Crippen LogP contribution in [0, 0.1) is 0 Å². The van der Waals surface area contributed by atoms with Gasteiger partial charge in [-0.3, -0.25) is 9.59 Å². The summed E-state index contributed by atoms with van der Waals surface area (Å²) in [5.41, 5.74) is 2.59. The van der Waals surface area contributed by atoms with Gasteiger partial charge >= 0.3 is 0 Å². The molecular formula is C23H22N2O4S. The molecule has 2 amide bonds. The molecular weight excluding hydrogens is 400 g/mol. The molecule has 0 atom stereocenters. The first-order valence-corrected chi connectivity index (χ1v) is 10.6. The zero-order chi connectivity index (χ0) is 20.9. The molecule has 1 N–H and O–H groups in total. The van der Waals surface area contributed by atoms with Crippen molar-refractivity contribution in [3.8, 4) is 11.5 Å². The number of benzene rings is 2. The van der Waals surface area contributed by atoms with Gasteiger partial charge in [0.05, 0.1) is 12.0 Å². The molecule has 1 aliphatic heterocycles. The van der Waals surface area contributed by atoms with Gasteiger partial charge in [0.1, 0.15) is 0 Å². The number of hydrogen-bond acceptors (Lipinski definition) is 5. The Morgan fingerprint density at radius 3 is 2.70 bits per heavy atom. The molecule has 0 spiro atoms. The van der Waals surface area contributed by atoms with Crippen molar-refractivity contribution >= 4 is 34.5 Å². The van der Waals surface area contributed by atoms with Crippen LogP contribution in [-0.2, 0) is 11.2 Å². The molecule has 0 aliphatic carbocycles. The molecule has 0 unspecified atom stereocenters. The number of nitrogens with zero attached hydrogens (tertiary/aromatic N) is 1. The minimum Gasteiger partial charge on any atom is -0.493 e. The van der Waals surface area contributed by atoms with Crippen LogP contribution in [-0.4, -0.2) is 32.1 Å².